The predicted molar refractivity (Wildman–Crippen MR) is 48.6 cm³/mol. The van der Waals surface area contributed by atoms with Gasteiger partial charge in [0.25, 0.3) is 0 Å². The van der Waals surface area contributed by atoms with Crippen LogP contribution in [0.25, 0.3) is 0 Å². The van der Waals surface area contributed by atoms with Gasteiger partial charge in [-0.1, -0.05) is 6.92 Å². The average Bonchev–Trinajstić information content (AvgIpc) is 2.65. The number of hydrogen-bond acceptors (Lipinski definition) is 2. The molecule has 0 radical (unpaired) electrons. The molecule has 0 spiro atoms. The van der Waals surface area contributed by atoms with Crippen molar-refractivity contribution in [2.24, 2.45) is 0 Å². The molecular formula is C8H17O2P. The third-order valence-electron chi connectivity index (χ3n) is 2.57. The van der Waals surface area contributed by atoms with Crippen molar-refractivity contribution in [2.45, 2.75) is 31.5 Å². The van der Waals surface area contributed by atoms with Crippen molar-refractivity contribution >= 4 is 8.58 Å². The molecule has 3 heteroatoms. The van der Waals surface area contributed by atoms with Crippen molar-refractivity contribution in [3.63, 3.8) is 0 Å². The topological polar surface area (TPSA) is 18.5 Å². The van der Waals surface area contributed by atoms with E-state index < -0.39 is 0 Å². The summed E-state index contributed by atoms with van der Waals surface area (Å²) in [6, 6.07) is 0. The van der Waals surface area contributed by atoms with Crippen molar-refractivity contribution in [1.29, 1.82) is 0 Å². The molecule has 1 aliphatic heterocycles. The van der Waals surface area contributed by atoms with Gasteiger partial charge in [-0.3, -0.25) is 0 Å². The van der Waals surface area contributed by atoms with E-state index in [2.05, 4.69) is 20.8 Å². The fraction of sp³-hybridized carbons (Fsp3) is 1.00. The molecule has 0 aromatic heterocycles. The summed E-state index contributed by atoms with van der Waals surface area (Å²) in [4.78, 5) is 0. The van der Waals surface area contributed by atoms with Gasteiger partial charge in [-0.15, -0.1) is 8.58 Å². The molecule has 0 bridgehead atoms. The molecule has 0 N–H and O–H groups in total. The van der Waals surface area contributed by atoms with Crippen molar-refractivity contribution in [1.82, 2.24) is 0 Å². The van der Waals surface area contributed by atoms with Gasteiger partial charge in [0.05, 0.1) is 5.60 Å². The first-order chi connectivity index (χ1) is 5.02. The fourth-order valence-corrected chi connectivity index (χ4v) is 2.11. The summed E-state index contributed by atoms with van der Waals surface area (Å²) in [5.74, 6) is 0. The SMILES string of the molecule is COCOC(C)(C)C1(C)CP1. The van der Waals surface area contributed by atoms with Gasteiger partial charge in [0.15, 0.2) is 0 Å². The summed E-state index contributed by atoms with van der Waals surface area (Å²) < 4.78 is 10.5. The van der Waals surface area contributed by atoms with Crippen LogP contribution in [0.4, 0.5) is 0 Å². The third kappa shape index (κ3) is 1.93. The zero-order valence-electron chi connectivity index (χ0n) is 7.73. The van der Waals surface area contributed by atoms with Crippen molar-refractivity contribution in [3.8, 4) is 0 Å². The van der Waals surface area contributed by atoms with Gasteiger partial charge >= 0.3 is 0 Å². The van der Waals surface area contributed by atoms with Gasteiger partial charge in [-0.2, -0.15) is 0 Å². The van der Waals surface area contributed by atoms with Gasteiger partial charge in [0, 0.05) is 12.3 Å². The molecule has 1 aliphatic rings. The Kier molecular flexibility index (Phi) is 2.58. The second-order valence-electron chi connectivity index (χ2n) is 3.75. The second-order valence-corrected chi connectivity index (χ2v) is 5.56. The molecule has 11 heavy (non-hydrogen) atoms. The molecule has 0 aromatic carbocycles. The minimum absolute atomic E-state index is 0.0124. The molecule has 1 heterocycles. The maximum absolute atomic E-state index is 5.59. The number of hydrogen-bond donors (Lipinski definition) is 0. The van der Waals surface area contributed by atoms with E-state index in [1.54, 1.807) is 7.11 Å². The summed E-state index contributed by atoms with van der Waals surface area (Å²) in [7, 11) is 2.72. The van der Waals surface area contributed by atoms with E-state index in [4.69, 9.17) is 9.47 Å². The Bertz CT molecular complexity index is 141. The normalized spacial score (nSPS) is 32.7. The Balaban J connectivity index is 2.39. The lowest BCUT2D eigenvalue weighted by Crippen LogP contribution is -2.39. The largest absolute Gasteiger partial charge is 0.359 e. The number of ether oxygens (including phenoxy) is 2. The first kappa shape index (κ1) is 9.44. The van der Waals surface area contributed by atoms with Crippen LogP contribution in [0.2, 0.25) is 0 Å². The van der Waals surface area contributed by atoms with Gasteiger partial charge in [-0.25, -0.2) is 0 Å². The summed E-state index contributed by atoms with van der Waals surface area (Å²) in [5, 5.41) is 0.422. The molecule has 66 valence electrons. The Morgan fingerprint density at radius 2 is 2.09 bits per heavy atom. The van der Waals surface area contributed by atoms with Crippen molar-refractivity contribution < 1.29 is 9.47 Å². The highest BCUT2D eigenvalue weighted by molar-refractivity contribution is 7.49. The van der Waals surface area contributed by atoms with Gasteiger partial charge in [0.2, 0.25) is 0 Å². The molecule has 2 unspecified atom stereocenters. The van der Waals surface area contributed by atoms with Gasteiger partial charge in [-0.05, 0) is 20.0 Å². The summed E-state index contributed by atoms with van der Waals surface area (Å²) >= 11 is 0. The van der Waals surface area contributed by atoms with E-state index in [-0.39, 0.29) is 5.60 Å². The highest BCUT2D eigenvalue weighted by Gasteiger charge is 2.51. The van der Waals surface area contributed by atoms with Gasteiger partial charge < -0.3 is 9.47 Å². The predicted octanol–water partition coefficient (Wildman–Crippen LogP) is 1.84. The Labute approximate surface area is 70.4 Å². The monoisotopic (exact) mass is 176 g/mol. The molecule has 1 fully saturated rings. The zero-order chi connectivity index (χ0) is 8.54. The smallest absolute Gasteiger partial charge is 0.147 e. The zero-order valence-corrected chi connectivity index (χ0v) is 8.73. The Morgan fingerprint density at radius 1 is 1.55 bits per heavy atom. The van der Waals surface area contributed by atoms with Crippen LogP contribution in [-0.4, -0.2) is 30.8 Å². The highest BCUT2D eigenvalue weighted by Crippen LogP contribution is 2.58. The standard InChI is InChI=1S/C8H17O2P/c1-7(2,10-6-9-4)8(3)5-11-8/h11H,5-6H2,1-4H3. The maximum atomic E-state index is 5.59. The molecule has 0 aliphatic carbocycles. The molecular weight excluding hydrogens is 159 g/mol. The van der Waals surface area contributed by atoms with E-state index in [0.29, 0.717) is 11.9 Å². The fourth-order valence-electron chi connectivity index (χ4n) is 0.924. The molecule has 0 amide bonds. The van der Waals surface area contributed by atoms with Crippen LogP contribution < -0.4 is 0 Å². The number of rotatable bonds is 4. The first-order valence-electron chi connectivity index (χ1n) is 3.90. The minimum atomic E-state index is -0.0124. The van der Waals surface area contributed by atoms with Crippen molar-refractivity contribution in [3.05, 3.63) is 0 Å². The van der Waals surface area contributed by atoms with Crippen LogP contribution in [0.15, 0.2) is 0 Å². The van der Waals surface area contributed by atoms with E-state index >= 15 is 0 Å². The van der Waals surface area contributed by atoms with Crippen LogP contribution in [0.5, 0.6) is 0 Å². The molecule has 0 saturated carbocycles. The molecule has 1 saturated heterocycles. The van der Waals surface area contributed by atoms with Crippen LogP contribution in [0, 0.1) is 0 Å². The van der Waals surface area contributed by atoms with E-state index in [1.807, 2.05) is 0 Å². The van der Waals surface area contributed by atoms with Crippen LogP contribution >= 0.6 is 8.58 Å². The van der Waals surface area contributed by atoms with Crippen LogP contribution in [0.1, 0.15) is 20.8 Å². The quantitative estimate of drug-likeness (QED) is 0.480. The second kappa shape index (κ2) is 3.01. The molecule has 0 aromatic rings. The van der Waals surface area contributed by atoms with Gasteiger partial charge in [0.1, 0.15) is 6.79 Å². The average molecular weight is 176 g/mol. The van der Waals surface area contributed by atoms with E-state index in [0.717, 1.165) is 8.58 Å². The Morgan fingerprint density at radius 3 is 2.45 bits per heavy atom. The van der Waals surface area contributed by atoms with E-state index in [9.17, 15) is 0 Å². The lowest BCUT2D eigenvalue weighted by Gasteiger charge is -2.31. The molecule has 2 atom stereocenters. The van der Waals surface area contributed by atoms with E-state index in [1.165, 1.54) is 6.16 Å². The summed E-state index contributed by atoms with van der Waals surface area (Å²) in [6.45, 7) is 6.98. The van der Waals surface area contributed by atoms with Crippen LogP contribution in [0.3, 0.4) is 0 Å². The highest BCUT2D eigenvalue weighted by atomic mass is 31.1. The lowest BCUT2D eigenvalue weighted by atomic mass is 9.94. The third-order valence-corrected chi connectivity index (χ3v) is 4.59. The number of methoxy groups -OCH3 is 1. The lowest BCUT2D eigenvalue weighted by molar-refractivity contribution is -0.121. The van der Waals surface area contributed by atoms with Crippen molar-refractivity contribution in [2.75, 3.05) is 20.1 Å². The van der Waals surface area contributed by atoms with Crippen LogP contribution in [-0.2, 0) is 9.47 Å². The maximum Gasteiger partial charge on any atom is 0.147 e. The summed E-state index contributed by atoms with van der Waals surface area (Å²) in [5.41, 5.74) is -0.0124. The molecule has 2 nitrogen and oxygen atoms in total. The Hall–Kier alpha value is 0.350. The minimum Gasteiger partial charge on any atom is -0.359 e. The summed E-state index contributed by atoms with van der Waals surface area (Å²) in [6.07, 6.45) is 1.31. The first-order valence-corrected chi connectivity index (χ1v) is 5.10. The molecule has 1 rings (SSSR count).